The van der Waals surface area contributed by atoms with Gasteiger partial charge in [0.05, 0.1) is 30.4 Å². The zero-order chi connectivity index (χ0) is 32.6. The Bertz CT molecular complexity index is 1520. The van der Waals surface area contributed by atoms with E-state index < -0.39 is 22.0 Å². The van der Waals surface area contributed by atoms with Crippen LogP contribution in [0.1, 0.15) is 60.7 Å². The molecule has 4 atom stereocenters. The number of aliphatic hydroxyl groups excluding tert-OH is 1. The fraction of sp³-hybridized carbons (Fsp3) is 0.455. The van der Waals surface area contributed by atoms with Gasteiger partial charge in [0.2, 0.25) is 0 Å². The Kier molecular flexibility index (Phi) is 12.0. The largest absolute Gasteiger partial charge is 0.490 e. The van der Waals surface area contributed by atoms with E-state index in [1.807, 2.05) is 32.0 Å². The quantitative estimate of drug-likeness (QED) is 0.345. The second-order valence-electron chi connectivity index (χ2n) is 11.6. The van der Waals surface area contributed by atoms with Crippen LogP contribution in [0, 0.1) is 5.92 Å². The minimum Gasteiger partial charge on any atom is -0.490 e. The number of aliphatic hydroxyl groups is 1. The summed E-state index contributed by atoms with van der Waals surface area (Å²) in [6, 6.07) is 16.3. The third-order valence-corrected chi connectivity index (χ3v) is 10.7. The van der Waals surface area contributed by atoms with Crippen molar-refractivity contribution in [3.8, 4) is 5.75 Å². The van der Waals surface area contributed by atoms with Crippen molar-refractivity contribution in [3.05, 3.63) is 77.2 Å². The molecule has 10 nitrogen and oxygen atoms in total. The molecule has 2 heterocycles. The maximum absolute atomic E-state index is 14.3. The summed E-state index contributed by atoms with van der Waals surface area (Å²) in [6.07, 6.45) is 1.73. The number of nitrogens with one attached hydrogen (secondary N) is 1. The molecule has 12 heteroatoms. The van der Waals surface area contributed by atoms with Gasteiger partial charge in [-0.3, -0.25) is 14.3 Å². The molecule has 1 aromatic heterocycles. The van der Waals surface area contributed by atoms with Crippen LogP contribution in [0.5, 0.6) is 5.75 Å². The molecule has 1 aliphatic heterocycles. The zero-order valence-electron chi connectivity index (χ0n) is 26.2. The summed E-state index contributed by atoms with van der Waals surface area (Å²) in [7, 11) is -2.11. The number of thiophene rings is 1. The monoisotopic (exact) mass is 657 g/mol. The van der Waals surface area contributed by atoms with E-state index in [2.05, 4.69) is 4.72 Å². The topological polar surface area (TPSA) is 125 Å². The van der Waals surface area contributed by atoms with Crippen molar-refractivity contribution in [2.45, 2.75) is 62.5 Å². The predicted molar refractivity (Wildman–Crippen MR) is 175 cm³/mol. The molecule has 4 rings (SSSR count). The summed E-state index contributed by atoms with van der Waals surface area (Å²) in [4.78, 5) is 30.6. The Balaban J connectivity index is 1.65. The lowest BCUT2D eigenvalue weighted by Crippen LogP contribution is -2.48. The Morgan fingerprint density at radius 2 is 1.89 bits per heavy atom. The third-order valence-electron chi connectivity index (χ3n) is 7.88. The molecule has 2 amide bonds. The first-order chi connectivity index (χ1) is 21.5. The molecule has 0 saturated heterocycles. The number of ether oxygens (including phenoxy) is 2. The van der Waals surface area contributed by atoms with Crippen LogP contribution in [-0.4, -0.2) is 86.7 Å². The fourth-order valence-corrected chi connectivity index (χ4v) is 7.27. The number of anilines is 1. The third kappa shape index (κ3) is 9.06. The van der Waals surface area contributed by atoms with E-state index in [1.54, 1.807) is 59.5 Å². The summed E-state index contributed by atoms with van der Waals surface area (Å²) in [6.45, 7) is 6.38. The van der Waals surface area contributed by atoms with Crippen LogP contribution < -0.4 is 9.46 Å². The van der Waals surface area contributed by atoms with Gasteiger partial charge in [-0.1, -0.05) is 31.2 Å². The van der Waals surface area contributed by atoms with Gasteiger partial charge in [-0.15, -0.1) is 11.3 Å². The maximum atomic E-state index is 14.3. The van der Waals surface area contributed by atoms with Crippen molar-refractivity contribution >= 4 is 38.9 Å². The molecule has 0 spiro atoms. The standard InChI is InChI=1S/C33H43N3O7S2/c1-23-20-36(24(2)22-37)33(39)28-19-27(34-45(40,41)31-14-10-18-44-31)15-16-29(28)43-25(3)11-8-9-17-42-30(23)21-35(4)32(38)26-12-6-5-7-13-26/h5-7,10,12-16,18-19,23-25,30,34,37H,8-9,11,17,20-22H2,1-4H3/t23-,24+,25-,30+/m0/s1. The molecule has 1 aliphatic rings. The van der Waals surface area contributed by atoms with Crippen LogP contribution >= 0.6 is 11.3 Å². The van der Waals surface area contributed by atoms with Crippen LogP contribution in [0.2, 0.25) is 0 Å². The second kappa shape index (κ2) is 15.7. The predicted octanol–water partition coefficient (Wildman–Crippen LogP) is 5.12. The zero-order valence-corrected chi connectivity index (χ0v) is 27.9. The highest BCUT2D eigenvalue weighted by molar-refractivity contribution is 7.94. The highest BCUT2D eigenvalue weighted by Crippen LogP contribution is 2.30. The number of likely N-dealkylation sites (N-methyl/N-ethyl adjacent to an activating group) is 1. The molecule has 0 bridgehead atoms. The molecule has 0 fully saturated rings. The molecule has 2 aromatic carbocycles. The van der Waals surface area contributed by atoms with E-state index in [-0.39, 0.29) is 52.6 Å². The lowest BCUT2D eigenvalue weighted by Gasteiger charge is -2.36. The molecule has 0 saturated carbocycles. The first-order valence-corrected chi connectivity index (χ1v) is 17.6. The van der Waals surface area contributed by atoms with Crippen molar-refractivity contribution in [2.24, 2.45) is 5.92 Å². The van der Waals surface area contributed by atoms with Crippen LogP contribution in [0.4, 0.5) is 5.69 Å². The molecular formula is C33H43N3O7S2. The number of sulfonamides is 1. The Hall–Kier alpha value is -3.45. The van der Waals surface area contributed by atoms with Crippen LogP contribution in [0.25, 0.3) is 0 Å². The van der Waals surface area contributed by atoms with Gasteiger partial charge in [0.1, 0.15) is 9.96 Å². The highest BCUT2D eigenvalue weighted by atomic mass is 32.2. The van der Waals surface area contributed by atoms with E-state index in [4.69, 9.17) is 9.47 Å². The van der Waals surface area contributed by atoms with E-state index in [9.17, 15) is 23.1 Å². The number of carbonyl (C=O) groups is 2. The Morgan fingerprint density at radius 3 is 2.58 bits per heavy atom. The van der Waals surface area contributed by atoms with Gasteiger partial charge in [-0.05, 0) is 74.9 Å². The number of rotatable bonds is 8. The van der Waals surface area contributed by atoms with Gasteiger partial charge in [0.25, 0.3) is 21.8 Å². The molecule has 3 aromatic rings. The van der Waals surface area contributed by atoms with Gasteiger partial charge < -0.3 is 24.4 Å². The van der Waals surface area contributed by atoms with Gasteiger partial charge >= 0.3 is 0 Å². The number of carbonyl (C=O) groups excluding carboxylic acids is 2. The maximum Gasteiger partial charge on any atom is 0.271 e. The number of amides is 2. The van der Waals surface area contributed by atoms with Crippen molar-refractivity contribution in [2.75, 3.05) is 38.1 Å². The van der Waals surface area contributed by atoms with Gasteiger partial charge in [0.15, 0.2) is 0 Å². The smallest absolute Gasteiger partial charge is 0.271 e. The number of nitrogens with zero attached hydrogens (tertiary/aromatic N) is 2. The van der Waals surface area contributed by atoms with Gasteiger partial charge in [-0.2, -0.15) is 0 Å². The van der Waals surface area contributed by atoms with Crippen molar-refractivity contribution < 1.29 is 32.6 Å². The summed E-state index contributed by atoms with van der Waals surface area (Å²) in [5.74, 6) is -0.416. The molecule has 45 heavy (non-hydrogen) atoms. The SMILES string of the molecule is C[C@H](CO)N1C[C@H](C)[C@@H](CN(C)C(=O)c2ccccc2)OCCCC[C@H](C)Oc2ccc(NS(=O)(=O)c3cccs3)cc2C1=O. The summed E-state index contributed by atoms with van der Waals surface area (Å²) < 4.78 is 41.2. The normalized spacial score (nSPS) is 20.8. The van der Waals surface area contributed by atoms with E-state index in [0.29, 0.717) is 30.9 Å². The van der Waals surface area contributed by atoms with Crippen LogP contribution in [0.15, 0.2) is 70.3 Å². The average Bonchev–Trinajstić information content (AvgIpc) is 3.59. The number of fused-ring (bicyclic) bond motifs is 1. The average molecular weight is 658 g/mol. The Labute approximate surface area is 270 Å². The lowest BCUT2D eigenvalue weighted by molar-refractivity contribution is -0.0149. The summed E-state index contributed by atoms with van der Waals surface area (Å²) in [5.41, 5.74) is 0.988. The van der Waals surface area contributed by atoms with E-state index >= 15 is 0 Å². The van der Waals surface area contributed by atoms with E-state index in [0.717, 1.165) is 24.2 Å². The van der Waals surface area contributed by atoms with Crippen LogP contribution in [-0.2, 0) is 14.8 Å². The summed E-state index contributed by atoms with van der Waals surface area (Å²) >= 11 is 1.10. The minimum atomic E-state index is -3.85. The molecule has 0 radical (unpaired) electrons. The molecule has 0 aliphatic carbocycles. The van der Waals surface area contributed by atoms with Crippen molar-refractivity contribution in [3.63, 3.8) is 0 Å². The van der Waals surface area contributed by atoms with Crippen LogP contribution in [0.3, 0.4) is 0 Å². The van der Waals surface area contributed by atoms with Gasteiger partial charge in [0, 0.05) is 43.9 Å². The minimum absolute atomic E-state index is 0.125. The number of hydrogen-bond donors (Lipinski definition) is 2. The summed E-state index contributed by atoms with van der Waals surface area (Å²) in [5, 5.41) is 11.9. The molecule has 2 N–H and O–H groups in total. The Morgan fingerprint density at radius 1 is 1.13 bits per heavy atom. The van der Waals surface area contributed by atoms with E-state index in [1.165, 1.54) is 12.1 Å². The molecular weight excluding hydrogens is 615 g/mol. The lowest BCUT2D eigenvalue weighted by atomic mass is 10.0. The van der Waals surface area contributed by atoms with Crippen molar-refractivity contribution in [1.29, 1.82) is 0 Å². The number of benzene rings is 2. The molecule has 244 valence electrons. The first-order valence-electron chi connectivity index (χ1n) is 15.2. The molecule has 0 unspecified atom stereocenters. The highest BCUT2D eigenvalue weighted by Gasteiger charge is 2.31. The van der Waals surface area contributed by atoms with Crippen molar-refractivity contribution in [1.82, 2.24) is 9.80 Å². The second-order valence-corrected chi connectivity index (χ2v) is 14.5. The first kappa shape index (κ1) is 34.4. The number of hydrogen-bond acceptors (Lipinski definition) is 8. The van der Waals surface area contributed by atoms with Gasteiger partial charge in [-0.25, -0.2) is 8.42 Å². The fourth-order valence-electron chi connectivity index (χ4n) is 5.22.